The molecule has 32 heavy (non-hydrogen) atoms. The number of hydrogen-bond donors (Lipinski definition) is 0. The number of carbonyl (C=O) groups is 1. The van der Waals surface area contributed by atoms with Gasteiger partial charge in [0.05, 0.1) is 19.3 Å². The van der Waals surface area contributed by atoms with Gasteiger partial charge in [0.15, 0.2) is 5.78 Å². The number of carbonyl (C=O) groups excluding carboxylic acids is 1. The number of rotatable bonds is 8. The van der Waals surface area contributed by atoms with Crippen molar-refractivity contribution in [1.82, 2.24) is 14.8 Å². The molecule has 0 aliphatic rings. The van der Waals surface area contributed by atoms with Gasteiger partial charge in [-0.05, 0) is 56.7 Å². The summed E-state index contributed by atoms with van der Waals surface area (Å²) in [7, 11) is 1.64. The minimum absolute atomic E-state index is 0.0383. The van der Waals surface area contributed by atoms with Crippen molar-refractivity contribution in [3.63, 3.8) is 0 Å². The van der Waals surface area contributed by atoms with E-state index in [2.05, 4.69) is 46.0 Å². The second-order valence-electron chi connectivity index (χ2n) is 7.65. The van der Waals surface area contributed by atoms with Crippen LogP contribution in [0.15, 0.2) is 64.2 Å². The molecule has 0 radical (unpaired) electrons. The lowest BCUT2D eigenvalue weighted by atomic mass is 10.1. The van der Waals surface area contributed by atoms with Gasteiger partial charge in [0.2, 0.25) is 5.89 Å². The van der Waals surface area contributed by atoms with Crippen LogP contribution < -0.4 is 4.74 Å². The predicted octanol–water partition coefficient (Wildman–Crippen LogP) is 5.36. The summed E-state index contributed by atoms with van der Waals surface area (Å²) in [5.74, 6) is 1.59. The Bertz CT molecular complexity index is 1220. The fourth-order valence-electron chi connectivity index (χ4n) is 3.63. The van der Waals surface area contributed by atoms with Gasteiger partial charge >= 0.3 is 0 Å². The number of ether oxygens (including phenoxy) is 1. The molecule has 0 saturated heterocycles. The standard InChI is InChI=1S/C25H25N3O3S/c1-16-5-9-20(10-6-16)28-17(2)13-22(18(28)3)23(29)15-32-25-27-26-24(31-25)14-19-7-11-21(30-4)12-8-19/h5-13H,14-15H2,1-4H3. The average molecular weight is 448 g/mol. The van der Waals surface area contributed by atoms with Gasteiger partial charge in [-0.1, -0.05) is 41.6 Å². The molecule has 0 spiro atoms. The van der Waals surface area contributed by atoms with Crippen molar-refractivity contribution in [2.24, 2.45) is 0 Å². The van der Waals surface area contributed by atoms with E-state index in [9.17, 15) is 4.79 Å². The largest absolute Gasteiger partial charge is 0.497 e. The Hall–Kier alpha value is -3.32. The summed E-state index contributed by atoms with van der Waals surface area (Å²) >= 11 is 1.26. The molecule has 0 saturated carbocycles. The third-order valence-corrected chi connectivity index (χ3v) is 6.13. The van der Waals surface area contributed by atoms with E-state index >= 15 is 0 Å². The lowest BCUT2D eigenvalue weighted by molar-refractivity contribution is 0.102. The summed E-state index contributed by atoms with van der Waals surface area (Å²) in [4.78, 5) is 12.9. The lowest BCUT2D eigenvalue weighted by Crippen LogP contribution is -2.05. The van der Waals surface area contributed by atoms with Crippen molar-refractivity contribution in [2.45, 2.75) is 32.4 Å². The van der Waals surface area contributed by atoms with Crippen LogP contribution in [0.25, 0.3) is 5.69 Å². The summed E-state index contributed by atoms with van der Waals surface area (Å²) in [5, 5.41) is 8.58. The van der Waals surface area contributed by atoms with Crippen LogP contribution >= 0.6 is 11.8 Å². The minimum atomic E-state index is 0.0383. The maximum Gasteiger partial charge on any atom is 0.277 e. The number of nitrogens with zero attached hydrogens (tertiary/aromatic N) is 3. The van der Waals surface area contributed by atoms with Gasteiger partial charge in [-0.25, -0.2) is 0 Å². The number of ketones is 1. The van der Waals surface area contributed by atoms with E-state index in [4.69, 9.17) is 9.15 Å². The minimum Gasteiger partial charge on any atom is -0.497 e. The highest BCUT2D eigenvalue weighted by molar-refractivity contribution is 7.99. The molecule has 0 fully saturated rings. The molecule has 0 aliphatic heterocycles. The van der Waals surface area contributed by atoms with Gasteiger partial charge in [0.25, 0.3) is 5.22 Å². The second kappa shape index (κ2) is 9.44. The first kappa shape index (κ1) is 21.9. The average Bonchev–Trinajstić information content (AvgIpc) is 3.37. The maximum absolute atomic E-state index is 12.9. The Labute approximate surface area is 191 Å². The maximum atomic E-state index is 12.9. The summed E-state index contributed by atoms with van der Waals surface area (Å²) in [6.45, 7) is 6.05. The Morgan fingerprint density at radius 2 is 1.75 bits per heavy atom. The third kappa shape index (κ3) is 4.78. The van der Waals surface area contributed by atoms with Crippen molar-refractivity contribution >= 4 is 17.5 Å². The number of hydrogen-bond acceptors (Lipinski definition) is 6. The molecule has 0 bridgehead atoms. The van der Waals surface area contributed by atoms with E-state index in [1.54, 1.807) is 7.11 Å². The monoisotopic (exact) mass is 447 g/mol. The molecule has 0 amide bonds. The van der Waals surface area contributed by atoms with Crippen LogP contribution in [-0.4, -0.2) is 33.4 Å². The van der Waals surface area contributed by atoms with Gasteiger partial charge in [-0.3, -0.25) is 4.79 Å². The lowest BCUT2D eigenvalue weighted by Gasteiger charge is -2.10. The molecule has 4 aromatic rings. The number of Topliss-reactive ketones (excluding diaryl/α,β-unsaturated/α-hetero) is 1. The molecule has 0 aliphatic carbocycles. The van der Waals surface area contributed by atoms with Gasteiger partial charge in [0.1, 0.15) is 5.75 Å². The van der Waals surface area contributed by atoms with Crippen molar-refractivity contribution in [2.75, 3.05) is 12.9 Å². The molecule has 2 aromatic heterocycles. The number of aromatic nitrogens is 3. The predicted molar refractivity (Wildman–Crippen MR) is 125 cm³/mol. The first-order chi connectivity index (χ1) is 15.4. The first-order valence-corrected chi connectivity index (χ1v) is 11.3. The van der Waals surface area contributed by atoms with Crippen LogP contribution in [0.3, 0.4) is 0 Å². The Morgan fingerprint density at radius 1 is 1.03 bits per heavy atom. The topological polar surface area (TPSA) is 70.2 Å². The molecule has 0 N–H and O–H groups in total. The highest BCUT2D eigenvalue weighted by Gasteiger charge is 2.18. The number of thioether (sulfide) groups is 1. The summed E-state index contributed by atoms with van der Waals surface area (Å²) in [6, 6.07) is 17.9. The fourth-order valence-corrected chi connectivity index (χ4v) is 4.29. The smallest absolute Gasteiger partial charge is 0.277 e. The van der Waals surface area contributed by atoms with Gasteiger partial charge in [-0.2, -0.15) is 0 Å². The first-order valence-electron chi connectivity index (χ1n) is 10.3. The van der Waals surface area contributed by atoms with Crippen LogP contribution in [0.4, 0.5) is 0 Å². The van der Waals surface area contributed by atoms with Gasteiger partial charge in [0, 0.05) is 22.6 Å². The highest BCUT2D eigenvalue weighted by Crippen LogP contribution is 2.25. The van der Waals surface area contributed by atoms with E-state index in [1.165, 1.54) is 17.3 Å². The summed E-state index contributed by atoms with van der Waals surface area (Å²) in [5.41, 5.74) is 5.98. The van der Waals surface area contributed by atoms with Crippen LogP contribution in [0.2, 0.25) is 0 Å². The van der Waals surface area contributed by atoms with Crippen molar-refractivity contribution in [3.05, 3.63) is 88.6 Å². The van der Waals surface area contributed by atoms with E-state index in [1.807, 2.05) is 44.2 Å². The van der Waals surface area contributed by atoms with Gasteiger partial charge in [-0.15, -0.1) is 10.2 Å². The quantitative estimate of drug-likeness (QED) is 0.267. The Morgan fingerprint density at radius 3 is 2.44 bits per heavy atom. The van der Waals surface area contributed by atoms with Crippen LogP contribution in [0.5, 0.6) is 5.75 Å². The number of aryl methyl sites for hydroxylation is 2. The number of methoxy groups -OCH3 is 1. The van der Waals surface area contributed by atoms with Crippen molar-refractivity contribution < 1.29 is 13.9 Å². The second-order valence-corrected chi connectivity index (χ2v) is 8.58. The molecule has 2 aromatic carbocycles. The fraction of sp³-hybridized carbons (Fsp3) is 0.240. The molecular formula is C25H25N3O3S. The van der Waals surface area contributed by atoms with Crippen LogP contribution in [-0.2, 0) is 6.42 Å². The van der Waals surface area contributed by atoms with E-state index in [0.29, 0.717) is 23.1 Å². The molecular weight excluding hydrogens is 422 g/mol. The molecule has 164 valence electrons. The number of benzene rings is 2. The molecule has 7 heteroatoms. The van der Waals surface area contributed by atoms with Crippen LogP contribution in [0.1, 0.15) is 38.8 Å². The van der Waals surface area contributed by atoms with E-state index < -0.39 is 0 Å². The van der Waals surface area contributed by atoms with E-state index in [0.717, 1.165) is 28.4 Å². The highest BCUT2D eigenvalue weighted by atomic mass is 32.2. The third-order valence-electron chi connectivity index (χ3n) is 5.31. The Kier molecular flexibility index (Phi) is 6.46. The normalized spacial score (nSPS) is 11.0. The van der Waals surface area contributed by atoms with Crippen molar-refractivity contribution in [1.29, 1.82) is 0 Å². The summed E-state index contributed by atoms with van der Waals surface area (Å²) in [6.07, 6.45) is 0.531. The zero-order valence-electron chi connectivity index (χ0n) is 18.6. The molecule has 4 rings (SSSR count). The van der Waals surface area contributed by atoms with Gasteiger partial charge < -0.3 is 13.7 Å². The summed E-state index contributed by atoms with van der Waals surface area (Å²) < 4.78 is 13.0. The Balaban J connectivity index is 1.41. The van der Waals surface area contributed by atoms with Crippen LogP contribution in [0, 0.1) is 20.8 Å². The van der Waals surface area contributed by atoms with Crippen molar-refractivity contribution in [3.8, 4) is 11.4 Å². The van der Waals surface area contributed by atoms with E-state index in [-0.39, 0.29) is 11.5 Å². The molecule has 0 atom stereocenters. The zero-order valence-corrected chi connectivity index (χ0v) is 19.4. The molecule has 0 unspecified atom stereocenters. The molecule has 6 nitrogen and oxygen atoms in total. The SMILES string of the molecule is COc1ccc(Cc2nnc(SCC(=O)c3cc(C)n(-c4ccc(C)cc4)c3C)o2)cc1. The molecule has 2 heterocycles. The zero-order chi connectivity index (χ0) is 22.7.